The van der Waals surface area contributed by atoms with E-state index in [9.17, 15) is 9.59 Å². The van der Waals surface area contributed by atoms with E-state index in [0.29, 0.717) is 12.2 Å². The average molecular weight is 319 g/mol. The van der Waals surface area contributed by atoms with Crippen LogP contribution < -0.4 is 110 Å². The summed E-state index contributed by atoms with van der Waals surface area (Å²) in [5, 5.41) is 41.4. The number of nitrogens with two attached hydrogens (primary N) is 1. The second kappa shape index (κ2) is 27.7. The van der Waals surface area contributed by atoms with Gasteiger partial charge in [0.05, 0.1) is 5.97 Å². The molecule has 0 atom stereocenters. The van der Waals surface area contributed by atoms with E-state index < -0.39 is 24.1 Å². The minimum absolute atomic E-state index is 0. The van der Waals surface area contributed by atoms with Crippen LogP contribution in [0.5, 0.6) is 0 Å². The Morgan fingerprint density at radius 3 is 1.05 bits per heavy atom. The van der Waals surface area contributed by atoms with E-state index in [1.165, 1.54) is 0 Å². The molecule has 0 spiro atoms. The first-order chi connectivity index (χ1) is 7.63. The third kappa shape index (κ3) is 102. The Bertz CT molecular complexity index is 288. The minimum atomic E-state index is -2.33. The van der Waals surface area contributed by atoms with Gasteiger partial charge in [0.1, 0.15) is 0 Å². The minimum Gasteiger partial charge on any atom is -0.652 e. The maximum Gasteiger partial charge on any atom is 1.00 e. The van der Waals surface area contributed by atoms with Crippen molar-refractivity contribution in [2.75, 3.05) is 6.54 Å². The van der Waals surface area contributed by atoms with Gasteiger partial charge in [-0.3, -0.25) is 0 Å². The van der Waals surface area contributed by atoms with Crippen LogP contribution in [0.4, 0.5) is 4.79 Å². The molecule has 10 nitrogen and oxygen atoms in total. The van der Waals surface area contributed by atoms with Gasteiger partial charge >= 0.3 is 101 Å². The number of carbonyl (C=O) groups is 4. The number of rotatable bonds is 3. The molecule has 0 rings (SSSR count). The molecule has 20 heavy (non-hydrogen) atoms. The van der Waals surface area contributed by atoms with Crippen LogP contribution in [-0.2, 0) is 14.4 Å². The van der Waals surface area contributed by atoms with Gasteiger partial charge in [-0.1, -0.05) is 0 Å². The van der Waals surface area contributed by atoms with Gasteiger partial charge in [0.15, 0.2) is 0 Å². The monoisotopic (exact) mass is 319 g/mol. The molecule has 0 saturated carbocycles. The smallest absolute Gasteiger partial charge is 0.652 e. The van der Waals surface area contributed by atoms with E-state index in [1.54, 1.807) is 0 Å². The van der Waals surface area contributed by atoms with Crippen LogP contribution in [0.15, 0.2) is 12.2 Å². The molecule has 0 aromatic heterocycles. The largest absolute Gasteiger partial charge is 1.00 e. The molecular weight excluding hydrogens is 311 g/mol. The molecule has 0 aliphatic carbocycles. The van der Waals surface area contributed by atoms with Gasteiger partial charge in [-0.2, -0.15) is 0 Å². The second-order valence-corrected chi connectivity index (χ2v) is 1.84. The Hall–Kier alpha value is 0.380. The van der Waals surface area contributed by atoms with Crippen LogP contribution in [0.2, 0.25) is 0 Å². The predicted octanol–water partition coefficient (Wildman–Crippen LogP) is -14.0. The molecule has 13 heteroatoms. The molecular formula is C7H8NNa3O9. The quantitative estimate of drug-likeness (QED) is 0.330. The number of carbonyl (C=O) groups excluding carboxylic acids is 2. The van der Waals surface area contributed by atoms with Crippen LogP contribution in [-0.4, -0.2) is 40.8 Å². The van der Waals surface area contributed by atoms with Gasteiger partial charge in [0, 0.05) is 18.7 Å². The summed E-state index contributed by atoms with van der Waals surface area (Å²) < 4.78 is 0. The normalized spacial score (nSPS) is 6.85. The zero-order valence-corrected chi connectivity index (χ0v) is 17.2. The summed E-state index contributed by atoms with van der Waals surface area (Å²) in [6.45, 7) is -0.389. The van der Waals surface area contributed by atoms with Crippen molar-refractivity contribution in [2.24, 2.45) is 5.73 Å². The van der Waals surface area contributed by atoms with E-state index >= 15 is 0 Å². The number of aliphatic carboxylic acids is 3. The maximum absolute atomic E-state index is 9.55. The summed E-state index contributed by atoms with van der Waals surface area (Å²) >= 11 is 0. The molecule has 0 fully saturated rings. The van der Waals surface area contributed by atoms with Gasteiger partial charge in [-0.15, -0.1) is 0 Å². The van der Waals surface area contributed by atoms with Crippen molar-refractivity contribution < 1.29 is 133 Å². The summed E-state index contributed by atoms with van der Waals surface area (Å²) in [7, 11) is 0. The maximum atomic E-state index is 9.55. The van der Waals surface area contributed by atoms with Crippen LogP contribution in [0.1, 0.15) is 0 Å². The average Bonchev–Trinajstić information content (AvgIpc) is 2.14. The third-order valence-electron chi connectivity index (χ3n) is 0.535. The standard InChI is InChI=1S/C4H4O4.C2H5NO2.CH2O3.3Na/c5-3(6)1-2-4(7)8;3-1-2(4)5;2-1(3)4;;;/h1-2H,(H,5,6)(H,7,8);1,3H2,(H,4,5);(H2,2,3,4);;;/q;;;3*+1/p-3/b2-1+;;;;;. The van der Waals surface area contributed by atoms with E-state index in [4.69, 9.17) is 35.1 Å². The molecule has 98 valence electrons. The van der Waals surface area contributed by atoms with E-state index in [2.05, 4.69) is 5.73 Å². The molecule has 0 unspecified atom stereocenters. The Morgan fingerprint density at radius 2 is 1.00 bits per heavy atom. The summed E-state index contributed by atoms with van der Waals surface area (Å²) in [6, 6.07) is 0. The SMILES string of the molecule is NCC(=O)[O-].O=C(O)/C=C/C(=O)O.O=C([O-])[O-].[Na+].[Na+].[Na+]. The number of hydrogen-bond acceptors (Lipinski definition) is 8. The Kier molecular flexibility index (Phi) is 51.2. The first kappa shape index (κ1) is 37.0. The number of hydrogen-bond donors (Lipinski definition) is 3. The molecule has 0 aromatic rings. The van der Waals surface area contributed by atoms with Crippen molar-refractivity contribution in [3.63, 3.8) is 0 Å². The zero-order chi connectivity index (χ0) is 14.4. The van der Waals surface area contributed by atoms with Gasteiger partial charge < -0.3 is 40.9 Å². The molecule has 0 amide bonds. The summed E-state index contributed by atoms with van der Waals surface area (Å²) in [4.78, 5) is 36.6. The van der Waals surface area contributed by atoms with E-state index in [1.807, 2.05) is 0 Å². The Morgan fingerprint density at radius 1 is 0.850 bits per heavy atom. The van der Waals surface area contributed by atoms with Crippen LogP contribution in [0, 0.1) is 0 Å². The number of carboxylic acid groups (broad SMARTS) is 5. The first-order valence-corrected chi connectivity index (χ1v) is 3.55. The molecule has 0 heterocycles. The summed E-state index contributed by atoms with van der Waals surface area (Å²) in [5.41, 5.74) is 4.51. The fourth-order valence-electron chi connectivity index (χ4n) is 0.143. The van der Waals surface area contributed by atoms with Crippen molar-refractivity contribution in [1.82, 2.24) is 0 Å². The van der Waals surface area contributed by atoms with Crippen molar-refractivity contribution in [3.05, 3.63) is 12.2 Å². The van der Waals surface area contributed by atoms with Crippen molar-refractivity contribution in [2.45, 2.75) is 0 Å². The molecule has 0 radical (unpaired) electrons. The van der Waals surface area contributed by atoms with Crippen LogP contribution in [0.25, 0.3) is 0 Å². The summed E-state index contributed by atoms with van der Waals surface area (Å²) in [6.07, 6.45) is -1.22. The van der Waals surface area contributed by atoms with Gasteiger partial charge in [0.2, 0.25) is 0 Å². The zero-order valence-electron chi connectivity index (χ0n) is 11.2. The third-order valence-corrected chi connectivity index (χ3v) is 0.535. The Labute approximate surface area is 179 Å². The van der Waals surface area contributed by atoms with Gasteiger partial charge in [0.25, 0.3) is 0 Å². The van der Waals surface area contributed by atoms with Gasteiger partial charge in [-0.25, -0.2) is 9.59 Å². The molecule has 0 bridgehead atoms. The van der Waals surface area contributed by atoms with Crippen molar-refractivity contribution in [1.29, 1.82) is 0 Å². The fourth-order valence-corrected chi connectivity index (χ4v) is 0.143. The van der Waals surface area contributed by atoms with E-state index in [-0.39, 0.29) is 95.2 Å². The van der Waals surface area contributed by atoms with E-state index in [0.717, 1.165) is 0 Å². The molecule has 0 aliphatic rings. The second-order valence-electron chi connectivity index (χ2n) is 1.84. The molecule has 0 aliphatic heterocycles. The Balaban J connectivity index is -0.0000000363. The van der Waals surface area contributed by atoms with Crippen molar-refractivity contribution >= 4 is 24.1 Å². The topological polar surface area (TPSA) is 204 Å². The predicted molar refractivity (Wildman–Crippen MR) is 43.9 cm³/mol. The number of carboxylic acids is 3. The molecule has 0 aromatic carbocycles. The molecule has 0 saturated heterocycles. The van der Waals surface area contributed by atoms with Gasteiger partial charge in [-0.05, 0) is 6.16 Å². The summed E-state index contributed by atoms with van der Waals surface area (Å²) in [5.74, 6) is -3.73. The first-order valence-electron chi connectivity index (χ1n) is 3.55. The van der Waals surface area contributed by atoms with Crippen LogP contribution >= 0.6 is 0 Å². The van der Waals surface area contributed by atoms with Crippen molar-refractivity contribution in [3.8, 4) is 0 Å². The van der Waals surface area contributed by atoms with Crippen LogP contribution in [0.3, 0.4) is 0 Å². The molecule has 4 N–H and O–H groups in total. The fraction of sp³-hybridized carbons (Fsp3) is 0.143.